The Labute approximate surface area is 103 Å². The second-order valence-electron chi connectivity index (χ2n) is 4.89. The number of aryl methyl sites for hydroxylation is 1. The summed E-state index contributed by atoms with van der Waals surface area (Å²) in [7, 11) is 1.90. The Hall–Kier alpha value is -1.32. The van der Waals surface area contributed by atoms with E-state index in [2.05, 4.69) is 11.9 Å². The summed E-state index contributed by atoms with van der Waals surface area (Å²) >= 11 is 0. The van der Waals surface area contributed by atoms with Crippen LogP contribution in [0.15, 0.2) is 6.20 Å². The lowest BCUT2D eigenvalue weighted by Crippen LogP contribution is -2.39. The topological polar surface area (TPSA) is 38.1 Å². The van der Waals surface area contributed by atoms with Gasteiger partial charge in [-0.1, -0.05) is 13.3 Å². The Morgan fingerprint density at radius 3 is 2.59 bits per heavy atom. The minimum Gasteiger partial charge on any atom is -0.337 e. The average Bonchev–Trinajstić information content (AvgIpc) is 2.69. The van der Waals surface area contributed by atoms with Crippen molar-refractivity contribution in [2.75, 3.05) is 13.1 Å². The number of likely N-dealkylation sites (tertiary alicyclic amines) is 1. The van der Waals surface area contributed by atoms with Crippen LogP contribution in [0, 0.1) is 12.8 Å². The van der Waals surface area contributed by atoms with Gasteiger partial charge in [0.15, 0.2) is 0 Å². The molecular formula is C13H21N3O. The molecule has 0 radical (unpaired) electrons. The molecule has 94 valence electrons. The molecule has 0 N–H and O–H groups in total. The van der Waals surface area contributed by atoms with Crippen LogP contribution in [0.3, 0.4) is 0 Å². The maximum atomic E-state index is 12.3. The Morgan fingerprint density at radius 1 is 1.47 bits per heavy atom. The van der Waals surface area contributed by atoms with Crippen molar-refractivity contribution in [3.8, 4) is 0 Å². The number of carbonyl (C=O) groups excluding carboxylic acids is 1. The van der Waals surface area contributed by atoms with Crippen LogP contribution in [-0.2, 0) is 7.05 Å². The third-order valence-corrected chi connectivity index (χ3v) is 3.92. The highest BCUT2D eigenvalue weighted by Crippen LogP contribution is 2.21. The Kier molecular flexibility index (Phi) is 3.50. The summed E-state index contributed by atoms with van der Waals surface area (Å²) in [4.78, 5) is 18.4. The molecule has 1 aliphatic rings. The quantitative estimate of drug-likeness (QED) is 0.786. The van der Waals surface area contributed by atoms with Crippen LogP contribution in [-0.4, -0.2) is 33.4 Å². The molecule has 2 rings (SSSR count). The molecule has 4 heteroatoms. The lowest BCUT2D eigenvalue weighted by atomic mass is 9.94. The highest BCUT2D eigenvalue weighted by molar-refractivity contribution is 5.92. The second kappa shape index (κ2) is 4.90. The zero-order chi connectivity index (χ0) is 12.4. The minimum absolute atomic E-state index is 0.127. The van der Waals surface area contributed by atoms with Crippen LogP contribution < -0.4 is 0 Å². The largest absolute Gasteiger partial charge is 0.337 e. The molecule has 4 nitrogen and oxygen atoms in total. The Balaban J connectivity index is 2.04. The van der Waals surface area contributed by atoms with Gasteiger partial charge in [-0.25, -0.2) is 4.98 Å². The molecule has 0 spiro atoms. The van der Waals surface area contributed by atoms with Gasteiger partial charge in [0.2, 0.25) is 0 Å². The van der Waals surface area contributed by atoms with E-state index in [1.165, 1.54) is 6.42 Å². The number of hydrogen-bond acceptors (Lipinski definition) is 2. The highest BCUT2D eigenvalue weighted by atomic mass is 16.2. The molecule has 1 aromatic rings. The maximum Gasteiger partial charge on any atom is 0.272 e. The normalized spacial score (nSPS) is 17.5. The molecule has 1 amide bonds. The van der Waals surface area contributed by atoms with Gasteiger partial charge < -0.3 is 9.47 Å². The Bertz CT molecular complexity index is 403. The van der Waals surface area contributed by atoms with Gasteiger partial charge in [0, 0.05) is 20.1 Å². The van der Waals surface area contributed by atoms with Crippen molar-refractivity contribution in [1.29, 1.82) is 0 Å². The molecule has 2 heterocycles. The van der Waals surface area contributed by atoms with E-state index in [0.717, 1.165) is 37.7 Å². The molecule has 1 fully saturated rings. The van der Waals surface area contributed by atoms with E-state index in [9.17, 15) is 4.79 Å². The summed E-state index contributed by atoms with van der Waals surface area (Å²) in [5, 5.41) is 0. The van der Waals surface area contributed by atoms with Gasteiger partial charge in [-0.3, -0.25) is 4.79 Å². The number of amides is 1. The number of aromatic nitrogens is 2. The van der Waals surface area contributed by atoms with Crippen LogP contribution in [0.25, 0.3) is 0 Å². The average molecular weight is 235 g/mol. The third-order valence-electron chi connectivity index (χ3n) is 3.92. The van der Waals surface area contributed by atoms with Crippen molar-refractivity contribution < 1.29 is 4.79 Å². The molecule has 17 heavy (non-hydrogen) atoms. The lowest BCUT2D eigenvalue weighted by Gasteiger charge is -2.31. The third kappa shape index (κ3) is 2.35. The molecule has 1 saturated heterocycles. The van der Waals surface area contributed by atoms with Crippen LogP contribution in [0.2, 0.25) is 0 Å². The molecule has 0 saturated carbocycles. The standard InChI is InChI=1S/C13H21N3O/c1-4-11-5-7-16(8-6-11)13(17)12-9-14-10(2)15(12)3/h9,11H,4-8H2,1-3H3. The van der Waals surface area contributed by atoms with Crippen molar-refractivity contribution in [1.82, 2.24) is 14.5 Å². The molecule has 0 aromatic carbocycles. The van der Waals surface area contributed by atoms with E-state index in [-0.39, 0.29) is 5.91 Å². The predicted molar refractivity (Wildman–Crippen MR) is 66.9 cm³/mol. The van der Waals surface area contributed by atoms with Gasteiger partial charge in [-0.2, -0.15) is 0 Å². The summed E-state index contributed by atoms with van der Waals surface area (Å²) in [5.74, 6) is 1.81. The SMILES string of the molecule is CCC1CCN(C(=O)c2cnc(C)n2C)CC1. The van der Waals surface area contributed by atoms with Gasteiger partial charge in [-0.15, -0.1) is 0 Å². The molecule has 0 aliphatic carbocycles. The summed E-state index contributed by atoms with van der Waals surface area (Å²) in [6.07, 6.45) is 5.19. The van der Waals surface area contributed by atoms with E-state index in [0.29, 0.717) is 5.69 Å². The number of rotatable bonds is 2. The number of hydrogen-bond donors (Lipinski definition) is 0. The van der Waals surface area contributed by atoms with E-state index >= 15 is 0 Å². The van der Waals surface area contributed by atoms with Gasteiger partial charge in [0.05, 0.1) is 6.20 Å². The van der Waals surface area contributed by atoms with Gasteiger partial charge in [0.1, 0.15) is 11.5 Å². The minimum atomic E-state index is 0.127. The van der Waals surface area contributed by atoms with E-state index in [4.69, 9.17) is 0 Å². The second-order valence-corrected chi connectivity index (χ2v) is 4.89. The first-order chi connectivity index (χ1) is 8.13. The first kappa shape index (κ1) is 12.1. The van der Waals surface area contributed by atoms with Gasteiger partial charge in [-0.05, 0) is 25.7 Å². The molecule has 1 aliphatic heterocycles. The highest BCUT2D eigenvalue weighted by Gasteiger charge is 2.24. The number of carbonyl (C=O) groups is 1. The number of piperidine rings is 1. The maximum absolute atomic E-state index is 12.3. The van der Waals surface area contributed by atoms with E-state index in [1.807, 2.05) is 23.4 Å². The first-order valence-corrected chi connectivity index (χ1v) is 6.41. The van der Waals surface area contributed by atoms with Crippen molar-refractivity contribution in [3.05, 3.63) is 17.7 Å². The van der Waals surface area contributed by atoms with Gasteiger partial charge in [0.25, 0.3) is 5.91 Å². The number of imidazole rings is 1. The lowest BCUT2D eigenvalue weighted by molar-refractivity contribution is 0.0679. The smallest absolute Gasteiger partial charge is 0.272 e. The van der Waals surface area contributed by atoms with Crippen molar-refractivity contribution in [3.63, 3.8) is 0 Å². The fourth-order valence-electron chi connectivity index (χ4n) is 2.41. The monoisotopic (exact) mass is 235 g/mol. The summed E-state index contributed by atoms with van der Waals surface area (Å²) in [5.41, 5.74) is 0.706. The summed E-state index contributed by atoms with van der Waals surface area (Å²) in [6, 6.07) is 0. The van der Waals surface area contributed by atoms with Crippen LogP contribution >= 0.6 is 0 Å². The fraction of sp³-hybridized carbons (Fsp3) is 0.692. The molecule has 0 atom stereocenters. The zero-order valence-corrected chi connectivity index (χ0v) is 10.9. The van der Waals surface area contributed by atoms with E-state index in [1.54, 1.807) is 6.20 Å². The van der Waals surface area contributed by atoms with Crippen LogP contribution in [0.1, 0.15) is 42.5 Å². The summed E-state index contributed by atoms with van der Waals surface area (Å²) < 4.78 is 1.87. The molecule has 0 unspecified atom stereocenters. The van der Waals surface area contributed by atoms with Crippen LogP contribution in [0.5, 0.6) is 0 Å². The number of nitrogens with zero attached hydrogens (tertiary/aromatic N) is 3. The van der Waals surface area contributed by atoms with Crippen LogP contribution in [0.4, 0.5) is 0 Å². The summed E-state index contributed by atoms with van der Waals surface area (Å²) in [6.45, 7) is 5.93. The zero-order valence-electron chi connectivity index (χ0n) is 10.9. The fourth-order valence-corrected chi connectivity index (χ4v) is 2.41. The first-order valence-electron chi connectivity index (χ1n) is 6.41. The molecule has 1 aromatic heterocycles. The van der Waals surface area contributed by atoms with Crippen molar-refractivity contribution >= 4 is 5.91 Å². The molecular weight excluding hydrogens is 214 g/mol. The Morgan fingerprint density at radius 2 is 2.12 bits per heavy atom. The molecule has 0 bridgehead atoms. The van der Waals surface area contributed by atoms with Crippen molar-refractivity contribution in [2.24, 2.45) is 13.0 Å². The predicted octanol–water partition coefficient (Wildman–Crippen LogP) is 1.99. The van der Waals surface area contributed by atoms with E-state index < -0.39 is 0 Å². The van der Waals surface area contributed by atoms with Gasteiger partial charge >= 0.3 is 0 Å². The van der Waals surface area contributed by atoms with Crippen molar-refractivity contribution in [2.45, 2.75) is 33.1 Å².